The molecular formula is C17H18F3N. The molecular weight excluding hydrogens is 275 g/mol. The van der Waals surface area contributed by atoms with Gasteiger partial charge in [-0.05, 0) is 48.7 Å². The summed E-state index contributed by atoms with van der Waals surface area (Å²) in [6.07, 6.45) is 0.992. The largest absolute Gasteiger partial charge is 0.310 e. The van der Waals surface area contributed by atoms with Gasteiger partial charge in [0.25, 0.3) is 0 Å². The van der Waals surface area contributed by atoms with Crippen LogP contribution in [0, 0.1) is 17.5 Å². The predicted molar refractivity (Wildman–Crippen MR) is 78.5 cm³/mol. The van der Waals surface area contributed by atoms with E-state index in [1.165, 1.54) is 0 Å². The zero-order valence-electron chi connectivity index (χ0n) is 12.1. The zero-order chi connectivity index (χ0) is 15.4. The lowest BCUT2D eigenvalue weighted by Gasteiger charge is -2.18. The van der Waals surface area contributed by atoms with Crippen molar-refractivity contribution in [3.63, 3.8) is 0 Å². The number of hydrogen-bond acceptors (Lipinski definition) is 1. The van der Waals surface area contributed by atoms with Crippen LogP contribution in [-0.4, -0.2) is 6.54 Å². The predicted octanol–water partition coefficient (Wildman–Crippen LogP) is 4.83. The lowest BCUT2D eigenvalue weighted by molar-refractivity contribution is 0.447. The van der Waals surface area contributed by atoms with E-state index in [0.717, 1.165) is 30.7 Å². The Morgan fingerprint density at radius 1 is 1.05 bits per heavy atom. The smallest absolute Gasteiger partial charge is 0.194 e. The molecule has 0 aliphatic rings. The average molecular weight is 293 g/mol. The van der Waals surface area contributed by atoms with E-state index in [9.17, 15) is 13.2 Å². The standard InChI is InChI=1S/C17H18F3N/c1-3-8-21-11(2)13-6-4-5-7-14(13)12-9-15(18)17(20)16(19)10-12/h4-7,9-11,21H,3,8H2,1-2H3. The van der Waals surface area contributed by atoms with E-state index in [-0.39, 0.29) is 6.04 Å². The Kier molecular flexibility index (Phi) is 5.02. The summed E-state index contributed by atoms with van der Waals surface area (Å²) >= 11 is 0. The highest BCUT2D eigenvalue weighted by Gasteiger charge is 2.15. The lowest BCUT2D eigenvalue weighted by atomic mass is 9.95. The maximum Gasteiger partial charge on any atom is 0.194 e. The van der Waals surface area contributed by atoms with E-state index in [4.69, 9.17) is 0 Å². The van der Waals surface area contributed by atoms with Gasteiger partial charge in [0.2, 0.25) is 0 Å². The highest BCUT2D eigenvalue weighted by Crippen LogP contribution is 2.30. The molecule has 1 nitrogen and oxygen atoms in total. The van der Waals surface area contributed by atoms with Gasteiger partial charge in [0, 0.05) is 6.04 Å². The van der Waals surface area contributed by atoms with Crippen LogP contribution in [0.1, 0.15) is 31.9 Å². The van der Waals surface area contributed by atoms with E-state index >= 15 is 0 Å². The fourth-order valence-electron chi connectivity index (χ4n) is 2.32. The molecule has 2 aromatic carbocycles. The minimum atomic E-state index is -1.44. The van der Waals surface area contributed by atoms with Crippen LogP contribution in [0.4, 0.5) is 13.2 Å². The van der Waals surface area contributed by atoms with Crippen LogP contribution in [0.15, 0.2) is 36.4 Å². The Balaban J connectivity index is 2.45. The number of rotatable bonds is 5. The second-order valence-corrected chi connectivity index (χ2v) is 5.02. The second kappa shape index (κ2) is 6.76. The summed E-state index contributed by atoms with van der Waals surface area (Å²) in [4.78, 5) is 0. The fraction of sp³-hybridized carbons (Fsp3) is 0.294. The molecule has 1 atom stereocenters. The maximum atomic E-state index is 13.4. The zero-order valence-corrected chi connectivity index (χ0v) is 12.1. The highest BCUT2D eigenvalue weighted by molar-refractivity contribution is 5.68. The van der Waals surface area contributed by atoms with Gasteiger partial charge in [-0.2, -0.15) is 0 Å². The molecule has 0 saturated carbocycles. The third-order valence-electron chi connectivity index (χ3n) is 3.42. The number of hydrogen-bond donors (Lipinski definition) is 1. The van der Waals surface area contributed by atoms with E-state index in [0.29, 0.717) is 11.1 Å². The molecule has 0 spiro atoms. The molecule has 0 heterocycles. The molecule has 21 heavy (non-hydrogen) atoms. The summed E-state index contributed by atoms with van der Waals surface area (Å²) in [6.45, 7) is 4.91. The number of nitrogens with one attached hydrogen (secondary N) is 1. The minimum absolute atomic E-state index is 0.0392. The van der Waals surface area contributed by atoms with Gasteiger partial charge in [0.05, 0.1) is 0 Å². The monoisotopic (exact) mass is 293 g/mol. The molecule has 112 valence electrons. The topological polar surface area (TPSA) is 12.0 Å². The molecule has 0 aromatic heterocycles. The molecule has 4 heteroatoms. The van der Waals surface area contributed by atoms with E-state index < -0.39 is 17.5 Å². The summed E-state index contributed by atoms with van der Waals surface area (Å²) in [5, 5.41) is 3.34. The summed E-state index contributed by atoms with van der Waals surface area (Å²) in [5.74, 6) is -3.78. The van der Waals surface area contributed by atoms with Crippen molar-refractivity contribution in [2.75, 3.05) is 6.54 Å². The average Bonchev–Trinajstić information content (AvgIpc) is 2.49. The molecule has 1 N–H and O–H groups in total. The molecule has 0 amide bonds. The van der Waals surface area contributed by atoms with Crippen molar-refractivity contribution in [3.8, 4) is 11.1 Å². The van der Waals surface area contributed by atoms with Crippen molar-refractivity contribution in [2.45, 2.75) is 26.3 Å². The molecule has 0 aliphatic carbocycles. The van der Waals surface area contributed by atoms with Crippen molar-refractivity contribution in [3.05, 3.63) is 59.4 Å². The first-order valence-electron chi connectivity index (χ1n) is 7.01. The minimum Gasteiger partial charge on any atom is -0.310 e. The van der Waals surface area contributed by atoms with Crippen molar-refractivity contribution >= 4 is 0 Å². The molecule has 1 unspecified atom stereocenters. The van der Waals surface area contributed by atoms with Crippen molar-refractivity contribution < 1.29 is 13.2 Å². The van der Waals surface area contributed by atoms with Crippen molar-refractivity contribution in [2.24, 2.45) is 0 Å². The maximum absolute atomic E-state index is 13.4. The summed E-state index contributed by atoms with van der Waals surface area (Å²) in [7, 11) is 0. The van der Waals surface area contributed by atoms with Crippen LogP contribution < -0.4 is 5.32 Å². The first kappa shape index (κ1) is 15.6. The molecule has 0 bridgehead atoms. The quantitative estimate of drug-likeness (QED) is 0.778. The van der Waals surface area contributed by atoms with Gasteiger partial charge >= 0.3 is 0 Å². The molecule has 0 aliphatic heterocycles. The van der Waals surface area contributed by atoms with Crippen molar-refractivity contribution in [1.29, 1.82) is 0 Å². The lowest BCUT2D eigenvalue weighted by Crippen LogP contribution is -2.19. The van der Waals surface area contributed by atoms with Gasteiger partial charge in [-0.15, -0.1) is 0 Å². The molecule has 2 aromatic rings. The van der Waals surface area contributed by atoms with Gasteiger partial charge in [-0.1, -0.05) is 31.2 Å². The van der Waals surface area contributed by atoms with Gasteiger partial charge in [-0.3, -0.25) is 0 Å². The third kappa shape index (κ3) is 3.45. The number of benzene rings is 2. The van der Waals surface area contributed by atoms with Gasteiger partial charge < -0.3 is 5.32 Å². The van der Waals surface area contributed by atoms with Gasteiger partial charge in [0.1, 0.15) is 0 Å². The first-order valence-corrected chi connectivity index (χ1v) is 7.01. The fourth-order valence-corrected chi connectivity index (χ4v) is 2.32. The van der Waals surface area contributed by atoms with Crippen LogP contribution in [0.5, 0.6) is 0 Å². The van der Waals surface area contributed by atoms with E-state index in [1.54, 1.807) is 12.1 Å². The highest BCUT2D eigenvalue weighted by atomic mass is 19.2. The Morgan fingerprint density at radius 2 is 1.67 bits per heavy atom. The summed E-state index contributed by atoms with van der Waals surface area (Å²) in [6, 6.07) is 9.46. The van der Waals surface area contributed by atoms with Crippen LogP contribution in [0.2, 0.25) is 0 Å². The SMILES string of the molecule is CCCNC(C)c1ccccc1-c1cc(F)c(F)c(F)c1. The van der Waals surface area contributed by atoms with Crippen LogP contribution in [-0.2, 0) is 0 Å². The van der Waals surface area contributed by atoms with E-state index in [2.05, 4.69) is 12.2 Å². The van der Waals surface area contributed by atoms with Gasteiger partial charge in [0.15, 0.2) is 17.5 Å². The van der Waals surface area contributed by atoms with Crippen LogP contribution >= 0.6 is 0 Å². The molecule has 2 rings (SSSR count). The molecule has 0 fully saturated rings. The first-order chi connectivity index (χ1) is 10.0. The van der Waals surface area contributed by atoms with Gasteiger partial charge in [-0.25, -0.2) is 13.2 Å². The Morgan fingerprint density at radius 3 is 2.29 bits per heavy atom. The molecule has 0 radical (unpaired) electrons. The van der Waals surface area contributed by atoms with E-state index in [1.807, 2.05) is 19.1 Å². The third-order valence-corrected chi connectivity index (χ3v) is 3.42. The Bertz CT molecular complexity index is 602. The second-order valence-electron chi connectivity index (χ2n) is 5.02. The summed E-state index contributed by atoms with van der Waals surface area (Å²) < 4.78 is 40.0. The van der Waals surface area contributed by atoms with Crippen LogP contribution in [0.3, 0.4) is 0 Å². The van der Waals surface area contributed by atoms with Crippen LogP contribution in [0.25, 0.3) is 11.1 Å². The molecule has 0 saturated heterocycles. The Hall–Kier alpha value is -1.81. The Labute approximate surface area is 122 Å². The number of halogens is 3. The van der Waals surface area contributed by atoms with Crippen molar-refractivity contribution in [1.82, 2.24) is 5.32 Å². The summed E-state index contributed by atoms with van der Waals surface area (Å²) in [5.41, 5.74) is 1.97. The normalized spacial score (nSPS) is 12.4.